The minimum atomic E-state index is -0.743. The standard InChI is InChI=1S/C39H39ClN8O3/c1-23-30(5-3-7-32(23)36-44-38-33(40)16-26(20-48(38)45-36)19-46-13-10-28(21-46)39(50)51)31-6-4-8-34(24(31)2)43-37-35-27(9-12-41-37)15-25(17-42-35)18-47-14-11-29(49)22-47/h3-9,12,15-17,20,28-29,49H,10-11,13-14,18-19,21-22H2,1-2H3,(H,41,43)(H,50,51)/t28-,29-/m1/s1. The summed E-state index contributed by atoms with van der Waals surface area (Å²) < 4.78 is 1.73. The van der Waals surface area contributed by atoms with Gasteiger partial charge in [-0.3, -0.25) is 19.6 Å². The number of anilines is 2. The SMILES string of the molecule is Cc1c(Nc2nccc3cc(CN4CC[C@@H](O)C4)cnc23)cccc1-c1cccc(-c2nc3c(Cl)cc(CN4CC[C@@H](C(=O)O)C4)cn3n2)c1C. The first-order valence-electron chi connectivity index (χ1n) is 17.3. The molecule has 0 saturated carbocycles. The fraction of sp³-hybridized carbons (Fsp3) is 0.308. The molecule has 6 aromatic rings. The Morgan fingerprint density at radius 2 is 1.67 bits per heavy atom. The first-order valence-corrected chi connectivity index (χ1v) is 17.7. The number of aromatic nitrogens is 5. The van der Waals surface area contributed by atoms with Gasteiger partial charge in [0.25, 0.3) is 0 Å². The summed E-state index contributed by atoms with van der Waals surface area (Å²) >= 11 is 6.72. The second-order valence-corrected chi connectivity index (χ2v) is 14.2. The van der Waals surface area contributed by atoms with Crippen LogP contribution in [0.15, 0.2) is 73.2 Å². The van der Waals surface area contributed by atoms with E-state index in [1.54, 1.807) is 10.7 Å². The van der Waals surface area contributed by atoms with E-state index in [1.165, 1.54) is 0 Å². The van der Waals surface area contributed by atoms with Crippen molar-refractivity contribution in [2.24, 2.45) is 5.92 Å². The lowest BCUT2D eigenvalue weighted by Gasteiger charge is -2.17. The Morgan fingerprint density at radius 3 is 2.45 bits per heavy atom. The fourth-order valence-electron chi connectivity index (χ4n) is 7.49. The van der Waals surface area contributed by atoms with Crippen molar-refractivity contribution in [2.45, 2.75) is 45.9 Å². The number of pyridine rings is 3. The van der Waals surface area contributed by atoms with Crippen LogP contribution in [0.5, 0.6) is 0 Å². The molecule has 12 heteroatoms. The lowest BCUT2D eigenvalue weighted by Crippen LogP contribution is -2.23. The third-order valence-corrected chi connectivity index (χ3v) is 10.5. The largest absolute Gasteiger partial charge is 0.481 e. The highest BCUT2D eigenvalue weighted by Gasteiger charge is 2.28. The number of rotatable bonds is 9. The van der Waals surface area contributed by atoms with Gasteiger partial charge in [0.05, 0.1) is 17.0 Å². The lowest BCUT2D eigenvalue weighted by molar-refractivity contribution is -0.141. The van der Waals surface area contributed by atoms with Gasteiger partial charge < -0.3 is 15.5 Å². The average Bonchev–Trinajstić information content (AvgIpc) is 3.86. The maximum absolute atomic E-state index is 11.4. The molecular formula is C39H39ClN8O3. The topological polar surface area (TPSA) is 132 Å². The van der Waals surface area contributed by atoms with E-state index < -0.39 is 5.97 Å². The van der Waals surface area contributed by atoms with Crippen LogP contribution in [0.2, 0.25) is 5.02 Å². The minimum absolute atomic E-state index is 0.247. The number of hydrogen-bond donors (Lipinski definition) is 3. The molecule has 3 N–H and O–H groups in total. The van der Waals surface area contributed by atoms with Gasteiger partial charge in [-0.25, -0.2) is 14.5 Å². The van der Waals surface area contributed by atoms with Crippen LogP contribution in [-0.2, 0) is 17.9 Å². The number of halogens is 1. The number of aliphatic hydroxyl groups excluding tert-OH is 1. The number of likely N-dealkylation sites (tertiary alicyclic amines) is 2. The zero-order valence-corrected chi connectivity index (χ0v) is 29.3. The summed E-state index contributed by atoms with van der Waals surface area (Å²) in [5.74, 6) is 0.198. The van der Waals surface area contributed by atoms with Gasteiger partial charge in [-0.2, -0.15) is 0 Å². The molecule has 2 atom stereocenters. The van der Waals surface area contributed by atoms with Crippen molar-refractivity contribution >= 4 is 45.6 Å². The predicted octanol–water partition coefficient (Wildman–Crippen LogP) is 6.49. The molecule has 2 aromatic carbocycles. The number of aliphatic hydroxyl groups is 1. The van der Waals surface area contributed by atoms with E-state index in [-0.39, 0.29) is 12.0 Å². The van der Waals surface area contributed by atoms with Crippen LogP contribution in [0, 0.1) is 19.8 Å². The molecule has 260 valence electrons. The van der Waals surface area contributed by atoms with Crippen LogP contribution in [-0.4, -0.2) is 82.8 Å². The van der Waals surface area contributed by atoms with E-state index in [0.29, 0.717) is 48.4 Å². The van der Waals surface area contributed by atoms with E-state index in [4.69, 9.17) is 26.7 Å². The monoisotopic (exact) mass is 702 g/mol. The number of carboxylic acid groups (broad SMARTS) is 1. The number of carboxylic acids is 1. The molecule has 2 fully saturated rings. The van der Waals surface area contributed by atoms with Gasteiger partial charge in [0.15, 0.2) is 17.3 Å². The molecule has 11 nitrogen and oxygen atoms in total. The predicted molar refractivity (Wildman–Crippen MR) is 198 cm³/mol. The second-order valence-electron chi connectivity index (χ2n) is 13.8. The van der Waals surface area contributed by atoms with Crippen molar-refractivity contribution in [3.05, 3.63) is 100 Å². The highest BCUT2D eigenvalue weighted by Crippen LogP contribution is 2.36. The van der Waals surface area contributed by atoms with Crippen LogP contribution in [0.25, 0.3) is 39.1 Å². The molecule has 8 rings (SSSR count). The summed E-state index contributed by atoms with van der Waals surface area (Å²) in [5.41, 5.74) is 9.57. The van der Waals surface area contributed by atoms with Gasteiger partial charge in [-0.05, 0) is 90.9 Å². The minimum Gasteiger partial charge on any atom is -0.481 e. The summed E-state index contributed by atoms with van der Waals surface area (Å²) in [6, 6.07) is 18.4. The van der Waals surface area contributed by atoms with Crippen molar-refractivity contribution in [1.82, 2.24) is 34.4 Å². The quantitative estimate of drug-likeness (QED) is 0.154. The zero-order valence-electron chi connectivity index (χ0n) is 28.6. The normalized spacial score (nSPS) is 18.3. The first-order chi connectivity index (χ1) is 24.7. The summed E-state index contributed by atoms with van der Waals surface area (Å²) in [7, 11) is 0. The molecule has 0 aliphatic carbocycles. The Morgan fingerprint density at radius 1 is 0.922 bits per heavy atom. The van der Waals surface area contributed by atoms with Gasteiger partial charge in [-0.15, -0.1) is 5.10 Å². The van der Waals surface area contributed by atoms with Crippen molar-refractivity contribution < 1.29 is 15.0 Å². The molecule has 0 unspecified atom stereocenters. The third kappa shape index (κ3) is 6.65. The number of fused-ring (bicyclic) bond motifs is 2. The Labute approximate surface area is 300 Å². The maximum atomic E-state index is 11.4. The molecule has 4 aromatic heterocycles. The van der Waals surface area contributed by atoms with Gasteiger partial charge in [0.1, 0.15) is 5.52 Å². The summed E-state index contributed by atoms with van der Waals surface area (Å²) in [6.07, 6.45) is 6.86. The van der Waals surface area contributed by atoms with E-state index in [9.17, 15) is 15.0 Å². The second kappa shape index (κ2) is 13.6. The highest BCUT2D eigenvalue weighted by molar-refractivity contribution is 6.33. The van der Waals surface area contributed by atoms with Crippen LogP contribution >= 0.6 is 11.6 Å². The molecular weight excluding hydrogens is 664 g/mol. The van der Waals surface area contributed by atoms with Gasteiger partial charge >= 0.3 is 5.97 Å². The molecule has 51 heavy (non-hydrogen) atoms. The molecule has 0 radical (unpaired) electrons. The number of benzene rings is 2. The number of carbonyl (C=O) groups is 1. The van der Waals surface area contributed by atoms with Crippen LogP contribution < -0.4 is 5.32 Å². The summed E-state index contributed by atoms with van der Waals surface area (Å²) in [6.45, 7) is 8.41. The Kier molecular flexibility index (Phi) is 8.89. The number of hydrogen-bond acceptors (Lipinski definition) is 9. The van der Waals surface area contributed by atoms with Crippen molar-refractivity contribution in [1.29, 1.82) is 0 Å². The van der Waals surface area contributed by atoms with E-state index >= 15 is 0 Å². The van der Waals surface area contributed by atoms with Gasteiger partial charge in [0, 0.05) is 68.0 Å². The average molecular weight is 703 g/mol. The van der Waals surface area contributed by atoms with E-state index in [0.717, 1.165) is 81.6 Å². The van der Waals surface area contributed by atoms with Crippen molar-refractivity contribution in [2.75, 3.05) is 31.5 Å². The van der Waals surface area contributed by atoms with Crippen LogP contribution in [0.4, 0.5) is 11.5 Å². The molecule has 0 bridgehead atoms. The van der Waals surface area contributed by atoms with Crippen LogP contribution in [0.3, 0.4) is 0 Å². The Bertz CT molecular complexity index is 2290. The summed E-state index contributed by atoms with van der Waals surface area (Å²) in [4.78, 5) is 30.1. The number of nitrogens with zero attached hydrogens (tertiary/aromatic N) is 7. The fourth-order valence-corrected chi connectivity index (χ4v) is 7.76. The van der Waals surface area contributed by atoms with E-state index in [2.05, 4.69) is 58.2 Å². The Hall–Kier alpha value is -4.94. The number of aliphatic carboxylic acids is 1. The zero-order chi connectivity index (χ0) is 35.2. The van der Waals surface area contributed by atoms with Crippen molar-refractivity contribution in [3.63, 3.8) is 0 Å². The maximum Gasteiger partial charge on any atom is 0.307 e. The number of nitrogens with one attached hydrogen (secondary N) is 1. The molecule has 2 aliphatic rings. The highest BCUT2D eigenvalue weighted by atomic mass is 35.5. The molecule has 0 spiro atoms. The molecule has 2 aliphatic heterocycles. The molecule has 2 saturated heterocycles. The van der Waals surface area contributed by atoms with Crippen molar-refractivity contribution in [3.8, 4) is 22.5 Å². The van der Waals surface area contributed by atoms with Gasteiger partial charge in [0.2, 0.25) is 0 Å². The van der Waals surface area contributed by atoms with Crippen LogP contribution in [0.1, 0.15) is 35.1 Å². The third-order valence-electron chi connectivity index (χ3n) is 10.2. The summed E-state index contributed by atoms with van der Waals surface area (Å²) in [5, 5.41) is 29.2. The lowest BCUT2D eigenvalue weighted by atomic mass is 9.92. The molecule has 6 heterocycles. The van der Waals surface area contributed by atoms with E-state index in [1.807, 2.05) is 42.7 Å². The smallest absolute Gasteiger partial charge is 0.307 e. The van der Waals surface area contributed by atoms with Gasteiger partial charge in [-0.1, -0.05) is 41.9 Å². The Balaban J connectivity index is 1.05. The molecule has 0 amide bonds. The number of β-amino-alcohol motifs (C(OH)–C–C–N with tert-alkyl or cyclic N) is 1. The first kappa shape index (κ1) is 33.2.